The van der Waals surface area contributed by atoms with Gasteiger partial charge < -0.3 is 9.47 Å². The van der Waals surface area contributed by atoms with E-state index in [0.29, 0.717) is 6.29 Å². The highest BCUT2D eigenvalue weighted by Gasteiger charge is 2.25. The SMILES string of the molecule is C=C(C)C(=O)CC(=O)c1ccc(C(=O)Oc2ccc(C(C)(C)c3ccc(OC(=O)c4ccc(C(=O)NC(=O)C(=C)C)c(C=O)c4)cc3)cc2)cc1C(C)=O. The third-order valence-corrected chi connectivity index (χ3v) is 8.58. The van der Waals surface area contributed by atoms with Gasteiger partial charge in [0.05, 0.1) is 23.1 Å². The van der Waals surface area contributed by atoms with E-state index in [-0.39, 0.29) is 56.0 Å². The van der Waals surface area contributed by atoms with E-state index in [4.69, 9.17) is 9.47 Å². The van der Waals surface area contributed by atoms with E-state index in [1.165, 1.54) is 57.2 Å². The third-order valence-electron chi connectivity index (χ3n) is 8.58. The van der Waals surface area contributed by atoms with E-state index >= 15 is 0 Å². The Hall–Kier alpha value is -6.88. The number of carbonyl (C=O) groups is 8. The molecule has 4 aromatic rings. The predicted octanol–water partition coefficient (Wildman–Crippen LogP) is 7.02. The van der Waals surface area contributed by atoms with Crippen molar-refractivity contribution in [2.24, 2.45) is 0 Å². The molecule has 0 aliphatic rings. The zero-order valence-electron chi connectivity index (χ0n) is 30.4. The second-order valence-electron chi connectivity index (χ2n) is 13.1. The van der Waals surface area contributed by atoms with Crippen LogP contribution in [-0.4, -0.2) is 47.4 Å². The molecule has 0 fully saturated rings. The second-order valence-corrected chi connectivity index (χ2v) is 13.1. The third kappa shape index (κ3) is 9.31. The topological polar surface area (TPSA) is 167 Å². The highest BCUT2D eigenvalue weighted by molar-refractivity contribution is 6.17. The normalized spacial score (nSPS) is 10.8. The molecule has 274 valence electrons. The van der Waals surface area contributed by atoms with Crippen molar-refractivity contribution < 1.29 is 47.8 Å². The van der Waals surface area contributed by atoms with Crippen LogP contribution in [0.4, 0.5) is 0 Å². The molecule has 4 rings (SSSR count). The van der Waals surface area contributed by atoms with Crippen molar-refractivity contribution in [3.05, 3.63) is 154 Å². The fraction of sp³-hybridized carbons (Fsp3) is 0.163. The number of nitrogens with one attached hydrogen (secondary N) is 1. The summed E-state index contributed by atoms with van der Waals surface area (Å²) in [7, 11) is 0. The first-order valence-corrected chi connectivity index (χ1v) is 16.6. The van der Waals surface area contributed by atoms with Crippen molar-refractivity contribution in [1.82, 2.24) is 5.32 Å². The predicted molar refractivity (Wildman–Crippen MR) is 199 cm³/mol. The maximum atomic E-state index is 13.0. The Morgan fingerprint density at radius 1 is 0.648 bits per heavy atom. The van der Waals surface area contributed by atoms with E-state index in [9.17, 15) is 38.4 Å². The number of carbonyl (C=O) groups excluding carboxylic acids is 8. The summed E-state index contributed by atoms with van der Waals surface area (Å²) in [4.78, 5) is 98.8. The minimum absolute atomic E-state index is 0.00297. The molecule has 1 N–H and O–H groups in total. The van der Waals surface area contributed by atoms with Gasteiger partial charge in [-0.15, -0.1) is 0 Å². The summed E-state index contributed by atoms with van der Waals surface area (Å²) < 4.78 is 11.0. The molecular weight excluding hydrogens is 690 g/mol. The van der Waals surface area contributed by atoms with Crippen LogP contribution >= 0.6 is 0 Å². The lowest BCUT2D eigenvalue weighted by atomic mass is 9.78. The van der Waals surface area contributed by atoms with Crippen LogP contribution in [-0.2, 0) is 15.0 Å². The maximum Gasteiger partial charge on any atom is 0.343 e. The molecule has 0 heterocycles. The monoisotopic (exact) mass is 727 g/mol. The zero-order chi connectivity index (χ0) is 39.9. The van der Waals surface area contributed by atoms with Crippen molar-refractivity contribution in [3.63, 3.8) is 0 Å². The van der Waals surface area contributed by atoms with E-state index in [2.05, 4.69) is 18.5 Å². The lowest BCUT2D eigenvalue weighted by molar-refractivity contribution is -0.116. The summed E-state index contributed by atoms with van der Waals surface area (Å²) >= 11 is 0. The number of allylic oxidation sites excluding steroid dienone is 1. The van der Waals surface area contributed by atoms with Gasteiger partial charge in [0.25, 0.3) is 11.8 Å². The van der Waals surface area contributed by atoms with Crippen molar-refractivity contribution in [2.45, 2.75) is 46.5 Å². The van der Waals surface area contributed by atoms with Crippen LogP contribution in [0.3, 0.4) is 0 Å². The fourth-order valence-corrected chi connectivity index (χ4v) is 5.25. The van der Waals surface area contributed by atoms with Crippen LogP contribution in [0.1, 0.15) is 114 Å². The minimum Gasteiger partial charge on any atom is -0.423 e. The fourth-order valence-electron chi connectivity index (χ4n) is 5.25. The van der Waals surface area contributed by atoms with Gasteiger partial charge in [0.15, 0.2) is 23.6 Å². The van der Waals surface area contributed by atoms with Crippen LogP contribution in [0.15, 0.2) is 109 Å². The minimum atomic E-state index is -0.810. The van der Waals surface area contributed by atoms with Gasteiger partial charge in [0.1, 0.15) is 11.5 Å². The molecule has 0 radical (unpaired) electrons. The Kier molecular flexibility index (Phi) is 12.3. The highest BCUT2D eigenvalue weighted by atomic mass is 16.5. The number of ether oxygens (including phenoxy) is 2. The summed E-state index contributed by atoms with van der Waals surface area (Å²) in [6.07, 6.45) is -0.0391. The van der Waals surface area contributed by atoms with E-state index in [0.717, 1.165) is 11.1 Å². The molecule has 0 aliphatic heterocycles. The van der Waals surface area contributed by atoms with Gasteiger partial charge in [-0.25, -0.2) is 9.59 Å². The number of aldehydes is 1. The lowest BCUT2D eigenvalue weighted by Crippen LogP contribution is -2.31. The number of esters is 2. The van der Waals surface area contributed by atoms with Gasteiger partial charge in [0, 0.05) is 27.7 Å². The molecule has 0 aromatic heterocycles. The summed E-state index contributed by atoms with van der Waals surface area (Å²) in [6, 6.07) is 21.4. The van der Waals surface area contributed by atoms with E-state index < -0.39 is 52.9 Å². The molecule has 0 aliphatic carbocycles. The van der Waals surface area contributed by atoms with Crippen molar-refractivity contribution >= 4 is 47.4 Å². The van der Waals surface area contributed by atoms with E-state index in [1.54, 1.807) is 48.5 Å². The largest absolute Gasteiger partial charge is 0.423 e. The molecule has 54 heavy (non-hydrogen) atoms. The van der Waals surface area contributed by atoms with Crippen molar-refractivity contribution in [3.8, 4) is 11.5 Å². The molecule has 0 unspecified atom stereocenters. The van der Waals surface area contributed by atoms with Crippen LogP contribution in [0.25, 0.3) is 0 Å². The molecule has 0 spiro atoms. The Bertz CT molecular complexity index is 2240. The summed E-state index contributed by atoms with van der Waals surface area (Å²) in [6.45, 7) is 15.1. The quantitative estimate of drug-likeness (QED) is 0.0356. The first-order valence-electron chi connectivity index (χ1n) is 16.6. The van der Waals surface area contributed by atoms with Crippen LogP contribution < -0.4 is 14.8 Å². The van der Waals surface area contributed by atoms with Crippen molar-refractivity contribution in [2.75, 3.05) is 0 Å². The van der Waals surface area contributed by atoms with Gasteiger partial charge in [0.2, 0.25) is 0 Å². The maximum absolute atomic E-state index is 13.0. The van der Waals surface area contributed by atoms with Gasteiger partial charge in [-0.2, -0.15) is 0 Å². The number of rotatable bonds is 14. The summed E-state index contributed by atoms with van der Waals surface area (Å²) in [5.74, 6) is -3.99. The first kappa shape index (κ1) is 39.9. The average Bonchev–Trinajstić information content (AvgIpc) is 3.14. The standard InChI is InChI=1S/C43H37NO10/c1-24(2)37(47)22-38(48)35-19-9-28(21-36(35)26(5)46)42(52)54-33-16-12-31(13-17-33)43(6,7)30-10-14-32(15-11-30)53-41(51)27-8-18-34(29(20-27)23-45)40(50)44-39(49)25(3)4/h8-21,23H,1,3,22H2,2,4-7H3,(H,44,49,50). The van der Waals surface area contributed by atoms with Crippen molar-refractivity contribution in [1.29, 1.82) is 0 Å². The highest BCUT2D eigenvalue weighted by Crippen LogP contribution is 2.34. The molecule has 0 atom stereocenters. The zero-order valence-corrected chi connectivity index (χ0v) is 30.4. The molecule has 0 saturated carbocycles. The van der Waals surface area contributed by atoms with Crippen LogP contribution in [0.2, 0.25) is 0 Å². The number of hydrogen-bond acceptors (Lipinski definition) is 10. The average molecular weight is 728 g/mol. The molecule has 4 aromatic carbocycles. The van der Waals surface area contributed by atoms with Gasteiger partial charge >= 0.3 is 11.9 Å². The number of imide groups is 1. The lowest BCUT2D eigenvalue weighted by Gasteiger charge is -2.26. The van der Waals surface area contributed by atoms with Gasteiger partial charge in [-0.1, -0.05) is 51.3 Å². The number of amides is 2. The Labute approximate surface area is 311 Å². The Balaban J connectivity index is 1.43. The second kappa shape index (κ2) is 16.6. The Morgan fingerprint density at radius 2 is 1.13 bits per heavy atom. The molecule has 11 heteroatoms. The van der Waals surface area contributed by atoms with Gasteiger partial charge in [-0.05, 0) is 98.1 Å². The van der Waals surface area contributed by atoms with Crippen LogP contribution in [0.5, 0.6) is 11.5 Å². The number of ketones is 3. The molecule has 2 amide bonds. The molecular formula is C43H37NO10. The summed E-state index contributed by atoms with van der Waals surface area (Å²) in [5.41, 5.74) is 1.44. The number of benzene rings is 4. The first-order chi connectivity index (χ1) is 25.4. The smallest absolute Gasteiger partial charge is 0.343 e. The molecule has 0 saturated heterocycles. The number of Topliss-reactive ketones (excluding diaryl/α,β-unsaturated/α-hetero) is 3. The van der Waals surface area contributed by atoms with E-state index in [1.807, 2.05) is 13.8 Å². The summed E-state index contributed by atoms with van der Waals surface area (Å²) in [5, 5.41) is 2.12. The number of hydrogen-bond donors (Lipinski definition) is 1. The Morgan fingerprint density at radius 3 is 1.57 bits per heavy atom. The molecule has 0 bridgehead atoms. The molecule has 11 nitrogen and oxygen atoms in total. The van der Waals surface area contributed by atoms with Crippen LogP contribution in [0, 0.1) is 0 Å². The van der Waals surface area contributed by atoms with Gasteiger partial charge in [-0.3, -0.25) is 34.1 Å².